The maximum Gasteiger partial charge on any atom is 0.309 e. The predicted molar refractivity (Wildman–Crippen MR) is 83.2 cm³/mol. The van der Waals surface area contributed by atoms with E-state index in [2.05, 4.69) is 15.8 Å². The van der Waals surface area contributed by atoms with E-state index in [1.54, 1.807) is 19.1 Å². The van der Waals surface area contributed by atoms with Crippen molar-refractivity contribution in [3.05, 3.63) is 52.3 Å². The molecule has 1 saturated heterocycles. The van der Waals surface area contributed by atoms with Crippen LogP contribution in [0.25, 0.3) is 0 Å². The number of methoxy groups -OCH3 is 1. The molecule has 0 bridgehead atoms. The molecule has 0 aromatic heterocycles. The van der Waals surface area contributed by atoms with Crippen LogP contribution >= 0.6 is 0 Å². The Balaban J connectivity index is 2.27. The van der Waals surface area contributed by atoms with Crippen LogP contribution in [-0.4, -0.2) is 48.0 Å². The molecule has 1 aliphatic carbocycles. The lowest BCUT2D eigenvalue weighted by atomic mass is 10.0. The second kappa shape index (κ2) is 7.24. The molecule has 6 nitrogen and oxygen atoms in total. The Bertz CT molecular complexity index is 677. The number of amides is 1. The van der Waals surface area contributed by atoms with E-state index in [9.17, 15) is 19.8 Å². The topological polar surface area (TPSA) is 95.9 Å². The standard InChI is InChI=1S/C17H19NO5/c1-10(4-6-16(21)23-2)3-5-12-14(19)7-11-9-18-17(22)13(11)8-15(12)20/h3-4,7-8,14-15,19-20H,6,9H2,1-2H3,(H,18,22)/b10-4+. The van der Waals surface area contributed by atoms with Crippen LogP contribution in [-0.2, 0) is 14.3 Å². The van der Waals surface area contributed by atoms with E-state index in [1.165, 1.54) is 19.3 Å². The van der Waals surface area contributed by atoms with Gasteiger partial charge in [-0.3, -0.25) is 9.59 Å². The van der Waals surface area contributed by atoms with E-state index in [0.29, 0.717) is 17.7 Å². The van der Waals surface area contributed by atoms with Gasteiger partial charge in [-0.15, -0.1) is 5.73 Å². The number of carbonyl (C=O) groups is 2. The molecule has 2 rings (SSSR count). The summed E-state index contributed by atoms with van der Waals surface area (Å²) < 4.78 is 4.54. The number of ether oxygens (including phenoxy) is 1. The predicted octanol–water partition coefficient (Wildman–Crippen LogP) is 0.295. The molecule has 2 atom stereocenters. The Hall–Kier alpha value is -2.40. The van der Waals surface area contributed by atoms with Crippen molar-refractivity contribution in [3.8, 4) is 0 Å². The van der Waals surface area contributed by atoms with Crippen LogP contribution in [0.2, 0.25) is 0 Å². The van der Waals surface area contributed by atoms with Crippen LogP contribution < -0.4 is 5.32 Å². The van der Waals surface area contributed by atoms with Crippen molar-refractivity contribution < 1.29 is 24.5 Å². The minimum Gasteiger partial charge on any atom is -0.469 e. The molecule has 0 saturated carbocycles. The number of aliphatic hydroxyl groups is 2. The highest BCUT2D eigenvalue weighted by molar-refractivity contribution is 6.01. The first-order chi connectivity index (χ1) is 10.9. The maximum absolute atomic E-state index is 11.7. The zero-order chi connectivity index (χ0) is 17.0. The summed E-state index contributed by atoms with van der Waals surface area (Å²) in [5, 5.41) is 23.0. The van der Waals surface area contributed by atoms with Crippen LogP contribution in [0.3, 0.4) is 0 Å². The number of nitrogens with one attached hydrogen (secondary N) is 1. The lowest BCUT2D eigenvalue weighted by Gasteiger charge is -2.11. The van der Waals surface area contributed by atoms with Crippen LogP contribution in [0.4, 0.5) is 0 Å². The lowest BCUT2D eigenvalue weighted by Crippen LogP contribution is -2.20. The fourth-order valence-electron chi connectivity index (χ4n) is 2.30. The molecule has 0 aromatic carbocycles. The van der Waals surface area contributed by atoms with Gasteiger partial charge in [0.2, 0.25) is 0 Å². The molecular weight excluding hydrogens is 298 g/mol. The second-order valence-electron chi connectivity index (χ2n) is 5.32. The van der Waals surface area contributed by atoms with Crippen molar-refractivity contribution in [1.82, 2.24) is 5.32 Å². The number of allylic oxidation sites excluding steroid dienone is 1. The molecule has 2 aliphatic rings. The van der Waals surface area contributed by atoms with Crippen molar-refractivity contribution in [3.63, 3.8) is 0 Å². The van der Waals surface area contributed by atoms with Gasteiger partial charge in [-0.2, -0.15) is 0 Å². The number of hydrogen-bond donors (Lipinski definition) is 3. The van der Waals surface area contributed by atoms with Crippen LogP contribution in [0, 0.1) is 0 Å². The highest BCUT2D eigenvalue weighted by Gasteiger charge is 2.29. The molecular formula is C17H19NO5. The van der Waals surface area contributed by atoms with Crippen molar-refractivity contribution in [2.45, 2.75) is 25.6 Å². The summed E-state index contributed by atoms with van der Waals surface area (Å²) in [5.41, 5.74) is 4.89. The second-order valence-corrected chi connectivity index (χ2v) is 5.32. The van der Waals surface area contributed by atoms with E-state index < -0.39 is 12.2 Å². The van der Waals surface area contributed by atoms with Gasteiger partial charge in [0.1, 0.15) is 12.2 Å². The Morgan fingerprint density at radius 2 is 2.13 bits per heavy atom. The Kier molecular flexibility index (Phi) is 5.34. The van der Waals surface area contributed by atoms with Gasteiger partial charge in [0, 0.05) is 17.7 Å². The summed E-state index contributed by atoms with van der Waals surface area (Å²) in [6.45, 7) is 2.11. The molecule has 23 heavy (non-hydrogen) atoms. The first-order valence-corrected chi connectivity index (χ1v) is 7.19. The van der Waals surface area contributed by atoms with Gasteiger partial charge in [-0.1, -0.05) is 6.08 Å². The quantitative estimate of drug-likeness (QED) is 0.395. The van der Waals surface area contributed by atoms with E-state index in [-0.39, 0.29) is 23.9 Å². The van der Waals surface area contributed by atoms with Crippen LogP contribution in [0.15, 0.2) is 52.3 Å². The van der Waals surface area contributed by atoms with Gasteiger partial charge in [0.15, 0.2) is 0 Å². The fourth-order valence-corrected chi connectivity index (χ4v) is 2.30. The van der Waals surface area contributed by atoms with E-state index in [1.807, 2.05) is 0 Å². The summed E-state index contributed by atoms with van der Waals surface area (Å²) in [6, 6.07) is 0. The SMILES string of the molecule is COC(=O)C/C=C(\C)C=C=C1C(O)C=C2CNC(=O)C2=CC1O. The van der Waals surface area contributed by atoms with Gasteiger partial charge in [0.25, 0.3) is 5.91 Å². The number of carbonyl (C=O) groups excluding carboxylic acids is 2. The third-order valence-electron chi connectivity index (χ3n) is 3.64. The monoisotopic (exact) mass is 317 g/mol. The number of rotatable bonds is 3. The Morgan fingerprint density at radius 3 is 2.83 bits per heavy atom. The molecule has 0 radical (unpaired) electrons. The van der Waals surface area contributed by atoms with Gasteiger partial charge in [-0.25, -0.2) is 0 Å². The summed E-state index contributed by atoms with van der Waals surface area (Å²) in [5.74, 6) is -0.616. The minimum atomic E-state index is -1.11. The molecule has 3 N–H and O–H groups in total. The largest absolute Gasteiger partial charge is 0.469 e. The van der Waals surface area contributed by atoms with Crippen LogP contribution in [0.5, 0.6) is 0 Å². The van der Waals surface area contributed by atoms with Gasteiger partial charge in [-0.05, 0) is 36.3 Å². The zero-order valence-corrected chi connectivity index (χ0v) is 13.0. The fraction of sp³-hybridized carbons (Fsp3) is 0.353. The average molecular weight is 317 g/mol. The Labute approximate surface area is 134 Å². The average Bonchev–Trinajstić information content (AvgIpc) is 2.79. The third-order valence-corrected chi connectivity index (χ3v) is 3.64. The van der Waals surface area contributed by atoms with Gasteiger partial charge in [0.05, 0.1) is 13.5 Å². The molecule has 0 spiro atoms. The van der Waals surface area contributed by atoms with Crippen molar-refractivity contribution in [2.24, 2.45) is 0 Å². The minimum absolute atomic E-state index is 0.134. The number of fused-ring (bicyclic) bond motifs is 1. The summed E-state index contributed by atoms with van der Waals surface area (Å²) >= 11 is 0. The molecule has 1 heterocycles. The van der Waals surface area contributed by atoms with E-state index in [4.69, 9.17) is 0 Å². The first-order valence-electron chi connectivity index (χ1n) is 7.19. The van der Waals surface area contributed by atoms with Crippen LogP contribution in [0.1, 0.15) is 13.3 Å². The molecule has 2 unspecified atom stereocenters. The number of hydrogen-bond acceptors (Lipinski definition) is 5. The number of aliphatic hydroxyl groups excluding tert-OH is 2. The maximum atomic E-state index is 11.7. The van der Waals surface area contributed by atoms with Gasteiger partial charge < -0.3 is 20.3 Å². The number of esters is 1. The highest BCUT2D eigenvalue weighted by Crippen LogP contribution is 2.25. The van der Waals surface area contributed by atoms with E-state index in [0.717, 1.165) is 5.57 Å². The highest BCUT2D eigenvalue weighted by atomic mass is 16.5. The van der Waals surface area contributed by atoms with E-state index >= 15 is 0 Å². The summed E-state index contributed by atoms with van der Waals surface area (Å²) in [4.78, 5) is 22.7. The first kappa shape index (κ1) is 17.0. The summed E-state index contributed by atoms with van der Waals surface area (Å²) in [6.07, 6.45) is 4.16. The van der Waals surface area contributed by atoms with Crippen molar-refractivity contribution >= 4 is 11.9 Å². The molecule has 1 fully saturated rings. The zero-order valence-electron chi connectivity index (χ0n) is 13.0. The molecule has 6 heteroatoms. The smallest absolute Gasteiger partial charge is 0.309 e. The normalized spacial score (nSPS) is 23.9. The summed E-state index contributed by atoms with van der Waals surface area (Å²) in [7, 11) is 1.32. The molecule has 122 valence electrons. The van der Waals surface area contributed by atoms with Crippen molar-refractivity contribution in [2.75, 3.05) is 13.7 Å². The Morgan fingerprint density at radius 1 is 1.43 bits per heavy atom. The molecule has 1 aliphatic heterocycles. The lowest BCUT2D eigenvalue weighted by molar-refractivity contribution is -0.139. The third kappa shape index (κ3) is 4.07. The van der Waals surface area contributed by atoms with Gasteiger partial charge >= 0.3 is 5.97 Å². The molecule has 0 aromatic rings. The molecule has 1 amide bonds. The van der Waals surface area contributed by atoms with Crippen molar-refractivity contribution in [1.29, 1.82) is 0 Å².